The molecule has 6 nitrogen and oxygen atoms in total. The third-order valence-corrected chi connectivity index (χ3v) is 4.49. The molecule has 140 valence electrons. The Labute approximate surface area is 163 Å². The topological polar surface area (TPSA) is 83.7 Å². The van der Waals surface area contributed by atoms with Gasteiger partial charge in [0.2, 0.25) is 0 Å². The van der Waals surface area contributed by atoms with Crippen LogP contribution in [0.1, 0.15) is 17.1 Å². The third kappa shape index (κ3) is 3.71. The Morgan fingerprint density at radius 3 is 2.46 bits per heavy atom. The molecule has 0 saturated carbocycles. The molecule has 4 aromatic rings. The van der Waals surface area contributed by atoms with E-state index in [2.05, 4.69) is 49.1 Å². The number of imidazole rings is 1. The highest BCUT2D eigenvalue weighted by molar-refractivity contribution is 5.80. The number of pyridine rings is 2. The van der Waals surface area contributed by atoms with E-state index in [4.69, 9.17) is 5.73 Å². The maximum Gasteiger partial charge on any atom is 0.157 e. The summed E-state index contributed by atoms with van der Waals surface area (Å²) in [5, 5.41) is 0. The molecule has 6 heteroatoms. The number of aromatic amines is 1. The molecule has 0 saturated heterocycles. The molecule has 0 spiro atoms. The van der Waals surface area contributed by atoms with Crippen molar-refractivity contribution in [2.45, 2.75) is 6.92 Å². The van der Waals surface area contributed by atoms with Crippen LogP contribution in [0.4, 0.5) is 11.5 Å². The number of hydrogen-bond donors (Lipinski definition) is 2. The van der Waals surface area contributed by atoms with E-state index in [0.717, 1.165) is 45.1 Å². The maximum atomic E-state index is 5.81. The van der Waals surface area contributed by atoms with E-state index in [9.17, 15) is 0 Å². The van der Waals surface area contributed by atoms with Gasteiger partial charge in [-0.25, -0.2) is 15.0 Å². The van der Waals surface area contributed by atoms with Crippen LogP contribution >= 0.6 is 0 Å². The highest BCUT2D eigenvalue weighted by Crippen LogP contribution is 2.24. The standard InChI is InChI=1S/C22H22N6/c1-14-10-17(25-20(23)11-14)6-9-21-26-19-12-16(13-24-22(19)27-21)15-4-7-18(8-5-15)28(2)3/h4-13H,1-3H3,(H2,23,25)(H,24,26,27)/b9-6+. The molecule has 0 aliphatic heterocycles. The molecule has 3 aromatic heterocycles. The lowest BCUT2D eigenvalue weighted by molar-refractivity contribution is 1.13. The average Bonchev–Trinajstić information content (AvgIpc) is 3.08. The number of fused-ring (bicyclic) bond motifs is 1. The Bertz CT molecular complexity index is 1140. The minimum absolute atomic E-state index is 0.510. The number of rotatable bonds is 4. The first-order valence-corrected chi connectivity index (χ1v) is 9.04. The third-order valence-electron chi connectivity index (χ3n) is 4.49. The molecule has 0 bridgehead atoms. The summed E-state index contributed by atoms with van der Waals surface area (Å²) in [5.74, 6) is 1.24. The van der Waals surface area contributed by atoms with Crippen molar-refractivity contribution in [1.82, 2.24) is 19.9 Å². The summed E-state index contributed by atoms with van der Waals surface area (Å²) in [5.41, 5.74) is 12.6. The van der Waals surface area contributed by atoms with Crippen LogP contribution in [0.3, 0.4) is 0 Å². The van der Waals surface area contributed by atoms with Crippen molar-refractivity contribution >= 4 is 34.8 Å². The van der Waals surface area contributed by atoms with E-state index in [1.165, 1.54) is 0 Å². The van der Waals surface area contributed by atoms with Crippen LogP contribution in [0.15, 0.2) is 48.7 Å². The zero-order valence-electron chi connectivity index (χ0n) is 16.1. The molecule has 28 heavy (non-hydrogen) atoms. The van der Waals surface area contributed by atoms with Crippen molar-refractivity contribution in [3.8, 4) is 11.1 Å². The minimum Gasteiger partial charge on any atom is -0.384 e. The number of nitrogens with two attached hydrogens (primary N) is 1. The minimum atomic E-state index is 0.510. The van der Waals surface area contributed by atoms with Crippen LogP contribution in [0.5, 0.6) is 0 Å². The first-order chi connectivity index (χ1) is 13.5. The lowest BCUT2D eigenvalue weighted by Gasteiger charge is -2.12. The average molecular weight is 370 g/mol. The number of benzene rings is 1. The Hall–Kier alpha value is -3.67. The van der Waals surface area contributed by atoms with Gasteiger partial charge in [0.1, 0.15) is 17.2 Å². The van der Waals surface area contributed by atoms with E-state index in [1.54, 1.807) is 0 Å². The van der Waals surface area contributed by atoms with Gasteiger partial charge in [-0.15, -0.1) is 0 Å². The van der Waals surface area contributed by atoms with Gasteiger partial charge >= 0.3 is 0 Å². The number of nitrogen functional groups attached to an aromatic ring is 1. The Balaban J connectivity index is 1.62. The van der Waals surface area contributed by atoms with Crippen LogP contribution in [-0.4, -0.2) is 34.0 Å². The van der Waals surface area contributed by atoms with Gasteiger partial charge in [-0.2, -0.15) is 0 Å². The number of anilines is 2. The number of hydrogen-bond acceptors (Lipinski definition) is 5. The van der Waals surface area contributed by atoms with Crippen LogP contribution in [0.25, 0.3) is 34.4 Å². The molecule has 4 rings (SSSR count). The van der Waals surface area contributed by atoms with Crippen molar-refractivity contribution in [2.75, 3.05) is 24.7 Å². The monoisotopic (exact) mass is 370 g/mol. The van der Waals surface area contributed by atoms with Gasteiger partial charge in [-0.3, -0.25) is 0 Å². The molecule has 0 unspecified atom stereocenters. The fourth-order valence-electron chi connectivity index (χ4n) is 3.07. The van der Waals surface area contributed by atoms with Crippen molar-refractivity contribution < 1.29 is 0 Å². The van der Waals surface area contributed by atoms with E-state index in [-0.39, 0.29) is 0 Å². The second-order valence-corrected chi connectivity index (χ2v) is 6.98. The van der Waals surface area contributed by atoms with Gasteiger partial charge < -0.3 is 15.6 Å². The summed E-state index contributed by atoms with van der Waals surface area (Å²) in [6.45, 7) is 1.99. The fourth-order valence-corrected chi connectivity index (χ4v) is 3.07. The molecule has 3 N–H and O–H groups in total. The molecule has 0 aliphatic carbocycles. The smallest absolute Gasteiger partial charge is 0.157 e. The second-order valence-electron chi connectivity index (χ2n) is 6.98. The Morgan fingerprint density at radius 1 is 0.964 bits per heavy atom. The highest BCUT2D eigenvalue weighted by atomic mass is 15.1. The van der Waals surface area contributed by atoms with Crippen molar-refractivity contribution in [3.63, 3.8) is 0 Å². The summed E-state index contributed by atoms with van der Waals surface area (Å²) in [6.07, 6.45) is 5.64. The zero-order chi connectivity index (χ0) is 19.7. The zero-order valence-corrected chi connectivity index (χ0v) is 16.1. The number of H-pyrrole nitrogens is 1. The molecule has 0 amide bonds. The molecule has 0 atom stereocenters. The largest absolute Gasteiger partial charge is 0.384 e. The summed E-state index contributed by atoms with van der Waals surface area (Å²) < 4.78 is 0. The number of aromatic nitrogens is 4. The quantitative estimate of drug-likeness (QED) is 0.564. The number of nitrogens with zero attached hydrogens (tertiary/aromatic N) is 4. The maximum absolute atomic E-state index is 5.81. The van der Waals surface area contributed by atoms with Gasteiger partial charge in [0.25, 0.3) is 0 Å². The predicted octanol–water partition coefficient (Wildman–Crippen LogP) is 4.15. The lowest BCUT2D eigenvalue weighted by atomic mass is 10.1. The molecule has 0 fully saturated rings. The Kier molecular flexibility index (Phi) is 4.53. The van der Waals surface area contributed by atoms with E-state index < -0.39 is 0 Å². The van der Waals surface area contributed by atoms with E-state index in [0.29, 0.717) is 5.82 Å². The molecule has 3 heterocycles. The molecular weight excluding hydrogens is 348 g/mol. The van der Waals surface area contributed by atoms with E-state index >= 15 is 0 Å². The van der Waals surface area contributed by atoms with Gasteiger partial charge in [0, 0.05) is 31.5 Å². The van der Waals surface area contributed by atoms with Crippen LogP contribution in [0, 0.1) is 6.92 Å². The predicted molar refractivity (Wildman–Crippen MR) is 116 cm³/mol. The molecule has 0 aliphatic rings. The summed E-state index contributed by atoms with van der Waals surface area (Å²) in [4.78, 5) is 18.8. The van der Waals surface area contributed by atoms with Gasteiger partial charge in [0.15, 0.2) is 5.65 Å². The van der Waals surface area contributed by atoms with Crippen LogP contribution < -0.4 is 10.6 Å². The summed E-state index contributed by atoms with van der Waals surface area (Å²) in [7, 11) is 4.06. The summed E-state index contributed by atoms with van der Waals surface area (Å²) in [6, 6.07) is 14.2. The Morgan fingerprint density at radius 2 is 1.75 bits per heavy atom. The van der Waals surface area contributed by atoms with Crippen molar-refractivity contribution in [2.24, 2.45) is 0 Å². The first kappa shape index (κ1) is 17.7. The number of nitrogens with one attached hydrogen (secondary N) is 1. The normalized spacial score (nSPS) is 11.4. The van der Waals surface area contributed by atoms with Crippen LogP contribution in [0.2, 0.25) is 0 Å². The molecular formula is C22H22N6. The van der Waals surface area contributed by atoms with Crippen molar-refractivity contribution in [3.05, 3.63) is 65.7 Å². The van der Waals surface area contributed by atoms with Gasteiger partial charge in [-0.05, 0) is 60.5 Å². The lowest BCUT2D eigenvalue weighted by Crippen LogP contribution is -2.07. The van der Waals surface area contributed by atoms with Crippen molar-refractivity contribution in [1.29, 1.82) is 0 Å². The number of aryl methyl sites for hydroxylation is 1. The first-order valence-electron chi connectivity index (χ1n) is 9.04. The molecule has 1 aromatic carbocycles. The van der Waals surface area contributed by atoms with Gasteiger partial charge in [-0.1, -0.05) is 12.1 Å². The molecule has 0 radical (unpaired) electrons. The highest BCUT2D eigenvalue weighted by Gasteiger charge is 2.06. The fraction of sp³-hybridized carbons (Fsp3) is 0.136. The van der Waals surface area contributed by atoms with E-state index in [1.807, 2.05) is 57.6 Å². The van der Waals surface area contributed by atoms with Gasteiger partial charge in [0.05, 0.1) is 5.69 Å². The van der Waals surface area contributed by atoms with Crippen LogP contribution in [-0.2, 0) is 0 Å². The second kappa shape index (κ2) is 7.15. The SMILES string of the molecule is Cc1cc(N)nc(/C=C/c2nc3cc(-c4ccc(N(C)C)cc4)cnc3[nH]2)c1. The summed E-state index contributed by atoms with van der Waals surface area (Å²) >= 11 is 0.